The van der Waals surface area contributed by atoms with Gasteiger partial charge in [0.2, 0.25) is 11.8 Å². The second-order valence-electron chi connectivity index (χ2n) is 8.31. The Morgan fingerprint density at radius 3 is 2.39 bits per heavy atom. The Hall–Kier alpha value is -2.30. The summed E-state index contributed by atoms with van der Waals surface area (Å²) in [5, 5.41) is 3.50. The summed E-state index contributed by atoms with van der Waals surface area (Å²) in [5.74, 6) is 2.14. The maximum atomic E-state index is 5.59. The van der Waals surface area contributed by atoms with Crippen molar-refractivity contribution in [2.45, 2.75) is 57.9 Å². The summed E-state index contributed by atoms with van der Waals surface area (Å²) in [6, 6.07) is 9.18. The zero-order chi connectivity index (χ0) is 19.3. The molecule has 0 spiro atoms. The van der Waals surface area contributed by atoms with Crippen LogP contribution >= 0.6 is 0 Å². The third-order valence-electron chi connectivity index (χ3n) is 6.20. The molecule has 5 nitrogen and oxygen atoms in total. The fourth-order valence-electron chi connectivity index (χ4n) is 4.38. The van der Waals surface area contributed by atoms with Crippen molar-refractivity contribution in [2.24, 2.45) is 5.92 Å². The molecular weight excluding hydrogens is 348 g/mol. The highest BCUT2D eigenvalue weighted by atomic mass is 16.5. The summed E-state index contributed by atoms with van der Waals surface area (Å²) in [5.41, 5.74) is 3.33. The fraction of sp³-hybridized carbons (Fsp3) is 0.565. The van der Waals surface area contributed by atoms with Gasteiger partial charge >= 0.3 is 0 Å². The number of ether oxygens (including phenoxy) is 1. The molecule has 1 aromatic carbocycles. The van der Waals surface area contributed by atoms with Crippen LogP contribution in [0.4, 0.5) is 11.6 Å². The highest BCUT2D eigenvalue weighted by molar-refractivity contribution is 5.70. The van der Waals surface area contributed by atoms with Crippen LogP contribution < -0.4 is 15.0 Å². The first kappa shape index (κ1) is 19.0. The average Bonchev–Trinajstić information content (AvgIpc) is 2.76. The Morgan fingerprint density at radius 2 is 1.71 bits per heavy atom. The Balaban J connectivity index is 1.48. The zero-order valence-corrected chi connectivity index (χ0v) is 17.2. The smallest absolute Gasteiger partial charge is 0.226 e. The van der Waals surface area contributed by atoms with Crippen molar-refractivity contribution in [1.82, 2.24) is 9.97 Å². The van der Waals surface area contributed by atoms with E-state index in [0.717, 1.165) is 30.1 Å². The van der Waals surface area contributed by atoms with Crippen LogP contribution in [0.2, 0.25) is 0 Å². The molecule has 2 aliphatic rings. The summed E-state index contributed by atoms with van der Waals surface area (Å²) < 4.78 is 5.59. The third kappa shape index (κ3) is 4.40. The number of anilines is 2. The van der Waals surface area contributed by atoms with E-state index in [2.05, 4.69) is 51.4 Å². The Morgan fingerprint density at radius 1 is 1.00 bits per heavy atom. The van der Waals surface area contributed by atoms with Crippen molar-refractivity contribution >= 4 is 11.6 Å². The second kappa shape index (κ2) is 8.80. The molecule has 1 aromatic heterocycles. The molecule has 0 atom stereocenters. The first-order chi connectivity index (χ1) is 13.7. The van der Waals surface area contributed by atoms with Gasteiger partial charge < -0.3 is 15.0 Å². The van der Waals surface area contributed by atoms with Crippen molar-refractivity contribution in [1.29, 1.82) is 0 Å². The topological polar surface area (TPSA) is 50.3 Å². The molecule has 0 amide bonds. The van der Waals surface area contributed by atoms with Crippen molar-refractivity contribution in [3.8, 4) is 17.0 Å². The molecule has 2 heterocycles. The van der Waals surface area contributed by atoms with E-state index in [9.17, 15) is 0 Å². The van der Waals surface area contributed by atoms with Crippen LogP contribution in [0.25, 0.3) is 11.1 Å². The molecule has 2 aromatic rings. The molecule has 1 aliphatic carbocycles. The van der Waals surface area contributed by atoms with Crippen LogP contribution in [0, 0.1) is 5.92 Å². The summed E-state index contributed by atoms with van der Waals surface area (Å²) in [6.07, 6.45) is 10.7. The van der Waals surface area contributed by atoms with Gasteiger partial charge in [0, 0.05) is 31.0 Å². The first-order valence-electron chi connectivity index (χ1n) is 10.8. The van der Waals surface area contributed by atoms with Gasteiger partial charge in [-0.05, 0) is 68.6 Å². The number of benzene rings is 1. The van der Waals surface area contributed by atoms with Crippen molar-refractivity contribution in [2.75, 3.05) is 30.4 Å². The number of aromatic nitrogens is 2. The predicted octanol–water partition coefficient (Wildman–Crippen LogP) is 5.13. The first-order valence-corrected chi connectivity index (χ1v) is 10.8. The Bertz CT molecular complexity index is 763. The molecule has 0 bridgehead atoms. The highest BCUT2D eigenvalue weighted by Gasteiger charge is 2.20. The monoisotopic (exact) mass is 380 g/mol. The van der Waals surface area contributed by atoms with Gasteiger partial charge in [-0.3, -0.25) is 0 Å². The van der Waals surface area contributed by atoms with Gasteiger partial charge in [0.05, 0.1) is 12.7 Å². The molecular formula is C23H32N4O. The van der Waals surface area contributed by atoms with Gasteiger partial charge in [-0.25, -0.2) is 4.98 Å². The summed E-state index contributed by atoms with van der Waals surface area (Å²) in [6.45, 7) is 4.65. The molecule has 1 N–H and O–H groups in total. The van der Waals surface area contributed by atoms with E-state index in [1.54, 1.807) is 7.11 Å². The van der Waals surface area contributed by atoms with Gasteiger partial charge in [0.25, 0.3) is 0 Å². The lowest BCUT2D eigenvalue weighted by molar-refractivity contribution is 0.359. The van der Waals surface area contributed by atoms with Crippen LogP contribution in [0.5, 0.6) is 5.88 Å². The van der Waals surface area contributed by atoms with Gasteiger partial charge in [-0.15, -0.1) is 0 Å². The summed E-state index contributed by atoms with van der Waals surface area (Å²) >= 11 is 0. The second-order valence-corrected chi connectivity index (χ2v) is 8.31. The lowest BCUT2D eigenvalue weighted by Gasteiger charge is -2.29. The number of nitrogens with one attached hydrogen (secondary N) is 1. The van der Waals surface area contributed by atoms with Gasteiger partial charge in [-0.2, -0.15) is 4.98 Å². The number of hydrogen-bond acceptors (Lipinski definition) is 5. The van der Waals surface area contributed by atoms with E-state index < -0.39 is 0 Å². The van der Waals surface area contributed by atoms with E-state index >= 15 is 0 Å². The number of rotatable bonds is 5. The highest BCUT2D eigenvalue weighted by Crippen LogP contribution is 2.31. The molecule has 2 fully saturated rings. The molecule has 150 valence electrons. The van der Waals surface area contributed by atoms with E-state index in [-0.39, 0.29) is 0 Å². The molecule has 28 heavy (non-hydrogen) atoms. The number of hydrogen-bond donors (Lipinski definition) is 1. The fourth-order valence-corrected chi connectivity index (χ4v) is 4.38. The molecule has 4 rings (SSSR count). The molecule has 0 radical (unpaired) electrons. The van der Waals surface area contributed by atoms with Gasteiger partial charge in [0.1, 0.15) is 0 Å². The van der Waals surface area contributed by atoms with Crippen LogP contribution in [0.15, 0.2) is 30.5 Å². The van der Waals surface area contributed by atoms with Crippen molar-refractivity contribution in [3.63, 3.8) is 0 Å². The minimum atomic E-state index is 0.468. The number of nitrogens with zero attached hydrogens (tertiary/aromatic N) is 3. The third-order valence-corrected chi connectivity index (χ3v) is 6.20. The molecule has 1 saturated carbocycles. The molecule has 1 saturated heterocycles. The maximum Gasteiger partial charge on any atom is 0.226 e. The van der Waals surface area contributed by atoms with E-state index in [1.165, 1.54) is 50.6 Å². The molecule has 5 heteroatoms. The largest absolute Gasteiger partial charge is 0.480 e. The van der Waals surface area contributed by atoms with Crippen LogP contribution in [0.1, 0.15) is 51.9 Å². The Labute approximate surface area is 168 Å². The van der Waals surface area contributed by atoms with Crippen LogP contribution in [-0.4, -0.2) is 36.2 Å². The summed E-state index contributed by atoms with van der Waals surface area (Å²) in [7, 11) is 1.68. The zero-order valence-electron chi connectivity index (χ0n) is 17.2. The number of piperidine rings is 1. The van der Waals surface area contributed by atoms with Crippen molar-refractivity contribution in [3.05, 3.63) is 30.5 Å². The lowest BCUT2D eigenvalue weighted by Crippen LogP contribution is -2.29. The Kier molecular flexibility index (Phi) is 5.98. The minimum absolute atomic E-state index is 0.468. The van der Waals surface area contributed by atoms with Gasteiger partial charge in [0.15, 0.2) is 0 Å². The quantitative estimate of drug-likeness (QED) is 0.779. The SMILES string of the molecule is COc1nc(N[C@H]2CC[C@H](C)CC2)ncc1-c1ccc(N2CCCCC2)cc1. The van der Waals surface area contributed by atoms with Crippen molar-refractivity contribution < 1.29 is 4.74 Å². The van der Waals surface area contributed by atoms with E-state index in [1.807, 2.05) is 6.20 Å². The lowest BCUT2D eigenvalue weighted by atomic mass is 9.87. The summed E-state index contributed by atoms with van der Waals surface area (Å²) in [4.78, 5) is 11.7. The minimum Gasteiger partial charge on any atom is -0.480 e. The normalized spacial score (nSPS) is 22.7. The standard InChI is InChI=1S/C23H32N4O/c1-17-6-10-19(11-7-17)25-23-24-16-21(22(26-23)28-2)18-8-12-20(13-9-18)27-14-4-3-5-15-27/h8-9,12-13,16-17,19H,3-7,10-11,14-15H2,1-2H3,(H,24,25,26)/t17-,19-. The van der Waals surface area contributed by atoms with E-state index in [4.69, 9.17) is 4.74 Å². The molecule has 0 unspecified atom stereocenters. The van der Waals surface area contributed by atoms with Crippen LogP contribution in [-0.2, 0) is 0 Å². The predicted molar refractivity (Wildman–Crippen MR) is 115 cm³/mol. The molecule has 1 aliphatic heterocycles. The maximum absolute atomic E-state index is 5.59. The number of methoxy groups -OCH3 is 1. The van der Waals surface area contributed by atoms with Crippen LogP contribution in [0.3, 0.4) is 0 Å². The van der Waals surface area contributed by atoms with Gasteiger partial charge in [-0.1, -0.05) is 19.1 Å². The average molecular weight is 381 g/mol. The van der Waals surface area contributed by atoms with E-state index in [0.29, 0.717) is 17.9 Å².